The van der Waals surface area contributed by atoms with E-state index >= 15 is 0 Å². The number of halogens is 1. The number of hydrogen-bond acceptors (Lipinski definition) is 8. The largest absolute Gasteiger partial charge is 0.472 e. The first-order valence-electron chi connectivity index (χ1n) is 11.6. The molecular weight excluding hydrogens is 494 g/mol. The maximum Gasteiger partial charge on any atom is 0.260 e. The number of aliphatic imine (C=N–C) groups is 2. The van der Waals surface area contributed by atoms with E-state index in [0.717, 1.165) is 11.0 Å². The standard InChI is InChI=1S/C25H27N9O2.ClH/c1-14(2)35-24-20(18-9-5-7-11-33(18)31-24)28-22-16(26)13-17(27)23(30-22)29-21-19-10-6-8-12-34(19)32-25(21)36-15(3)4;/h5-15,26H,27H2,1-4H3,(H,28,29,30);1H. The summed E-state index contributed by atoms with van der Waals surface area (Å²) in [6.45, 7) is 7.69. The minimum absolute atomic E-state index is 0. The Morgan fingerprint density at radius 3 is 2.19 bits per heavy atom. The third-order valence-corrected chi connectivity index (χ3v) is 5.18. The first-order valence-corrected chi connectivity index (χ1v) is 11.6. The number of anilines is 1. The van der Waals surface area contributed by atoms with Crippen LogP contribution in [0.2, 0.25) is 0 Å². The van der Waals surface area contributed by atoms with Crippen molar-refractivity contribution in [3.8, 4) is 11.8 Å². The van der Waals surface area contributed by atoms with E-state index in [9.17, 15) is 0 Å². The van der Waals surface area contributed by atoms with Gasteiger partial charge in [-0.05, 0) is 58.0 Å². The molecule has 0 spiro atoms. The Labute approximate surface area is 219 Å². The summed E-state index contributed by atoms with van der Waals surface area (Å²) >= 11 is 0. The summed E-state index contributed by atoms with van der Waals surface area (Å²) in [6, 6.07) is 11.4. The molecule has 1 aliphatic rings. The number of hydrogen-bond donors (Lipinski definition) is 3. The first kappa shape index (κ1) is 25.7. The van der Waals surface area contributed by atoms with Crippen molar-refractivity contribution in [2.75, 3.05) is 5.32 Å². The molecule has 11 nitrogen and oxygen atoms in total. The molecule has 0 atom stereocenters. The number of aromatic nitrogens is 4. The minimum atomic E-state index is -0.1000. The van der Waals surface area contributed by atoms with Crippen LogP contribution in [0.3, 0.4) is 0 Å². The van der Waals surface area contributed by atoms with E-state index in [-0.39, 0.29) is 47.7 Å². The summed E-state index contributed by atoms with van der Waals surface area (Å²) in [6.07, 6.45) is 4.97. The van der Waals surface area contributed by atoms with Gasteiger partial charge in [0.05, 0.1) is 34.7 Å². The third-order valence-electron chi connectivity index (χ3n) is 5.18. The van der Waals surface area contributed by atoms with Crippen LogP contribution in [0, 0.1) is 5.41 Å². The summed E-state index contributed by atoms with van der Waals surface area (Å²) in [5.74, 6) is 1.28. The van der Waals surface area contributed by atoms with Crippen LogP contribution in [-0.4, -0.2) is 48.8 Å². The van der Waals surface area contributed by atoms with Crippen molar-refractivity contribution < 1.29 is 9.47 Å². The van der Waals surface area contributed by atoms with E-state index in [4.69, 9.17) is 25.6 Å². The summed E-state index contributed by atoms with van der Waals surface area (Å²) in [5, 5.41) is 20.7. The molecule has 0 aliphatic carbocycles. The quantitative estimate of drug-likeness (QED) is 0.343. The van der Waals surface area contributed by atoms with Crippen molar-refractivity contribution in [3.05, 3.63) is 60.6 Å². The van der Waals surface area contributed by atoms with Gasteiger partial charge in [-0.3, -0.25) is 5.41 Å². The highest BCUT2D eigenvalue weighted by atomic mass is 35.5. The van der Waals surface area contributed by atoms with Crippen molar-refractivity contribution in [2.24, 2.45) is 15.7 Å². The van der Waals surface area contributed by atoms with E-state index in [1.54, 1.807) is 9.03 Å². The van der Waals surface area contributed by atoms with Gasteiger partial charge in [-0.15, -0.1) is 22.6 Å². The summed E-state index contributed by atoms with van der Waals surface area (Å²) in [5.41, 5.74) is 9.24. The molecule has 4 aromatic heterocycles. The predicted molar refractivity (Wildman–Crippen MR) is 147 cm³/mol. The van der Waals surface area contributed by atoms with Crippen molar-refractivity contribution in [1.82, 2.24) is 19.2 Å². The van der Waals surface area contributed by atoms with Gasteiger partial charge in [-0.25, -0.2) is 19.0 Å². The summed E-state index contributed by atoms with van der Waals surface area (Å²) in [4.78, 5) is 9.33. The lowest BCUT2D eigenvalue weighted by atomic mass is 10.2. The van der Waals surface area contributed by atoms with Crippen LogP contribution in [0.4, 0.5) is 11.4 Å². The Morgan fingerprint density at radius 1 is 0.919 bits per heavy atom. The van der Waals surface area contributed by atoms with Crippen molar-refractivity contribution in [1.29, 1.82) is 5.41 Å². The average Bonchev–Trinajstić information content (AvgIpc) is 3.33. The molecule has 5 heterocycles. The monoisotopic (exact) mass is 521 g/mol. The number of nitrogens with two attached hydrogens (primary N) is 1. The Balaban J connectivity index is 0.00000320. The molecule has 0 radical (unpaired) electrons. The molecule has 0 amide bonds. The molecule has 0 fully saturated rings. The number of nitrogens with zero attached hydrogens (tertiary/aromatic N) is 6. The molecular formula is C25H28ClN9O2. The van der Waals surface area contributed by atoms with E-state index in [2.05, 4.69) is 20.5 Å². The molecule has 0 saturated heterocycles. The van der Waals surface area contributed by atoms with Gasteiger partial charge in [0.1, 0.15) is 5.69 Å². The maximum atomic E-state index is 8.49. The lowest BCUT2D eigenvalue weighted by molar-refractivity contribution is 0.232. The van der Waals surface area contributed by atoms with Gasteiger partial charge in [0, 0.05) is 12.4 Å². The summed E-state index contributed by atoms with van der Waals surface area (Å²) < 4.78 is 15.2. The first-order chi connectivity index (χ1) is 17.3. The molecule has 12 heteroatoms. The number of amidine groups is 2. The number of pyridine rings is 2. The van der Waals surface area contributed by atoms with Gasteiger partial charge >= 0.3 is 0 Å². The maximum absolute atomic E-state index is 8.49. The van der Waals surface area contributed by atoms with Gasteiger partial charge in [0.2, 0.25) is 0 Å². The van der Waals surface area contributed by atoms with Crippen molar-refractivity contribution in [2.45, 2.75) is 39.9 Å². The lowest BCUT2D eigenvalue weighted by Crippen LogP contribution is -2.29. The molecule has 5 rings (SSSR count). The van der Waals surface area contributed by atoms with Crippen molar-refractivity contribution in [3.63, 3.8) is 0 Å². The van der Waals surface area contributed by atoms with E-state index in [1.165, 1.54) is 6.08 Å². The molecule has 0 unspecified atom stereocenters. The normalized spacial score (nSPS) is 14.8. The fourth-order valence-corrected chi connectivity index (χ4v) is 3.70. The van der Waals surface area contributed by atoms with Gasteiger partial charge in [-0.1, -0.05) is 12.1 Å². The SMILES string of the molecule is CC(C)Oc1nn2ccccc2c1N=C1N=C(Nc2c(OC(C)C)nn3ccccc23)C(=N)C=C1N.Cl. The van der Waals surface area contributed by atoms with Gasteiger partial charge in [0.15, 0.2) is 17.4 Å². The van der Waals surface area contributed by atoms with E-state index < -0.39 is 0 Å². The molecule has 1 aliphatic heterocycles. The van der Waals surface area contributed by atoms with Crippen molar-refractivity contribution >= 4 is 52.2 Å². The van der Waals surface area contributed by atoms with Gasteiger partial charge in [-0.2, -0.15) is 0 Å². The molecule has 0 aromatic carbocycles. The fraction of sp³-hybridized carbons (Fsp3) is 0.240. The fourth-order valence-electron chi connectivity index (χ4n) is 3.70. The Kier molecular flexibility index (Phi) is 7.16. The zero-order chi connectivity index (χ0) is 25.4. The smallest absolute Gasteiger partial charge is 0.260 e. The second kappa shape index (κ2) is 10.3. The number of ether oxygens (including phenoxy) is 2. The Hall–Kier alpha value is -4.38. The summed E-state index contributed by atoms with van der Waals surface area (Å²) in [7, 11) is 0. The van der Waals surface area contributed by atoms with E-state index in [0.29, 0.717) is 23.1 Å². The highest BCUT2D eigenvalue weighted by molar-refractivity contribution is 6.52. The van der Waals surface area contributed by atoms with Crippen LogP contribution >= 0.6 is 12.4 Å². The topological polar surface area (TPSA) is 140 Å². The predicted octanol–water partition coefficient (Wildman–Crippen LogP) is 4.39. The van der Waals surface area contributed by atoms with Crippen LogP contribution < -0.4 is 20.5 Å². The molecule has 37 heavy (non-hydrogen) atoms. The second-order valence-electron chi connectivity index (χ2n) is 8.76. The van der Waals surface area contributed by atoms with Crippen LogP contribution in [0.15, 0.2) is 70.5 Å². The Bertz CT molecular complexity index is 1560. The molecule has 0 saturated carbocycles. The number of nitrogens with one attached hydrogen (secondary N) is 2. The molecule has 4 N–H and O–H groups in total. The van der Waals surface area contributed by atoms with Crippen LogP contribution in [0.1, 0.15) is 27.7 Å². The van der Waals surface area contributed by atoms with Gasteiger partial charge in [0.25, 0.3) is 11.8 Å². The third kappa shape index (κ3) is 5.12. The molecule has 192 valence electrons. The molecule has 0 bridgehead atoms. The zero-order valence-electron chi connectivity index (χ0n) is 20.8. The lowest BCUT2D eigenvalue weighted by Gasteiger charge is -2.16. The van der Waals surface area contributed by atoms with Crippen LogP contribution in [0.25, 0.3) is 11.0 Å². The second-order valence-corrected chi connectivity index (χ2v) is 8.76. The Morgan fingerprint density at radius 2 is 1.51 bits per heavy atom. The van der Waals surface area contributed by atoms with E-state index in [1.807, 2.05) is 76.5 Å². The van der Waals surface area contributed by atoms with Crippen LogP contribution in [0.5, 0.6) is 11.8 Å². The number of rotatable bonds is 6. The van der Waals surface area contributed by atoms with Gasteiger partial charge < -0.3 is 20.5 Å². The zero-order valence-corrected chi connectivity index (χ0v) is 21.7. The average molecular weight is 522 g/mol. The molecule has 4 aromatic rings. The minimum Gasteiger partial charge on any atom is -0.472 e. The van der Waals surface area contributed by atoms with Crippen LogP contribution in [-0.2, 0) is 0 Å². The highest BCUT2D eigenvalue weighted by Crippen LogP contribution is 2.34. The number of fused-ring (bicyclic) bond motifs is 2. The number of dihydropyridines is 1. The highest BCUT2D eigenvalue weighted by Gasteiger charge is 2.23.